The topological polar surface area (TPSA) is 48.8 Å². The smallest absolute Gasteiger partial charge is 0.270 e. The van der Waals surface area contributed by atoms with Crippen LogP contribution in [-0.2, 0) is 11.3 Å². The summed E-state index contributed by atoms with van der Waals surface area (Å²) in [5, 5.41) is 1.12. The van der Waals surface area contributed by atoms with Crippen LogP contribution in [0.1, 0.15) is 36.7 Å². The Morgan fingerprint density at radius 2 is 1.70 bits per heavy atom. The molecular formula is C24H32N4O2. The molecule has 6 heteroatoms. The summed E-state index contributed by atoms with van der Waals surface area (Å²) < 4.78 is 2.12. The predicted molar refractivity (Wildman–Crippen MR) is 117 cm³/mol. The lowest BCUT2D eigenvalue weighted by molar-refractivity contribution is -0.135. The highest BCUT2D eigenvalue weighted by Crippen LogP contribution is 2.60. The van der Waals surface area contributed by atoms with Gasteiger partial charge in [-0.05, 0) is 50.8 Å². The molecule has 30 heavy (non-hydrogen) atoms. The molecule has 0 N–H and O–H groups in total. The van der Waals surface area contributed by atoms with Crippen LogP contribution >= 0.6 is 0 Å². The Kier molecular flexibility index (Phi) is 4.85. The first-order valence-electron chi connectivity index (χ1n) is 11.4. The van der Waals surface area contributed by atoms with E-state index in [-0.39, 0.29) is 17.2 Å². The SMILES string of the molecule is CCn1c(C(=O)N2CCC3(CC2)C[C@H]3C(=O)N2CCN(C)CC2)cc2ccccc21. The molecular weight excluding hydrogens is 376 g/mol. The minimum absolute atomic E-state index is 0.130. The summed E-state index contributed by atoms with van der Waals surface area (Å²) in [4.78, 5) is 32.6. The normalized spacial score (nSPS) is 23.9. The van der Waals surface area contributed by atoms with Crippen molar-refractivity contribution in [2.45, 2.75) is 32.7 Å². The highest BCUT2D eigenvalue weighted by Gasteiger charge is 2.59. The van der Waals surface area contributed by atoms with Crippen molar-refractivity contribution in [1.29, 1.82) is 0 Å². The fourth-order valence-corrected chi connectivity index (χ4v) is 5.54. The van der Waals surface area contributed by atoms with E-state index in [1.165, 1.54) is 0 Å². The lowest BCUT2D eigenvalue weighted by Gasteiger charge is -2.35. The first kappa shape index (κ1) is 19.6. The zero-order valence-electron chi connectivity index (χ0n) is 18.1. The molecule has 2 saturated heterocycles. The van der Waals surface area contributed by atoms with E-state index in [4.69, 9.17) is 0 Å². The molecule has 2 aliphatic heterocycles. The van der Waals surface area contributed by atoms with Gasteiger partial charge in [0, 0.05) is 62.6 Å². The van der Waals surface area contributed by atoms with Crippen LogP contribution < -0.4 is 0 Å². The Hall–Kier alpha value is -2.34. The number of aryl methyl sites for hydroxylation is 1. The number of hydrogen-bond acceptors (Lipinski definition) is 3. The molecule has 1 spiro atoms. The number of piperidine rings is 1. The van der Waals surface area contributed by atoms with Crippen LogP contribution in [0, 0.1) is 11.3 Å². The second-order valence-electron chi connectivity index (χ2n) is 9.37. The molecule has 1 saturated carbocycles. The van der Waals surface area contributed by atoms with Gasteiger partial charge in [0.2, 0.25) is 5.91 Å². The molecule has 1 atom stereocenters. The van der Waals surface area contributed by atoms with Crippen LogP contribution in [0.2, 0.25) is 0 Å². The maximum atomic E-state index is 13.3. The lowest BCUT2D eigenvalue weighted by atomic mass is 9.90. The lowest BCUT2D eigenvalue weighted by Crippen LogP contribution is -2.48. The number of likely N-dealkylation sites (N-methyl/N-ethyl adjacent to an activating group) is 1. The van der Waals surface area contributed by atoms with E-state index < -0.39 is 0 Å². The number of amides is 2. The van der Waals surface area contributed by atoms with E-state index >= 15 is 0 Å². The average Bonchev–Trinajstić information content (AvgIpc) is 3.33. The number of nitrogens with zero attached hydrogens (tertiary/aromatic N) is 4. The molecule has 3 aliphatic rings. The standard InChI is InChI=1S/C24H32N4O2/c1-3-28-20-7-5-4-6-18(20)16-21(28)23(30)26-10-8-24(9-11-26)17-19(24)22(29)27-14-12-25(2)13-15-27/h4-7,16,19H,3,8-15,17H2,1-2H3/t19-/m0/s1. The van der Waals surface area contributed by atoms with Crippen molar-refractivity contribution in [3.8, 4) is 0 Å². The van der Waals surface area contributed by atoms with Crippen molar-refractivity contribution < 1.29 is 9.59 Å². The van der Waals surface area contributed by atoms with E-state index in [9.17, 15) is 9.59 Å². The van der Waals surface area contributed by atoms with Gasteiger partial charge in [-0.15, -0.1) is 0 Å². The summed E-state index contributed by atoms with van der Waals surface area (Å²) in [5.74, 6) is 0.666. The second kappa shape index (κ2) is 7.41. The monoisotopic (exact) mass is 408 g/mol. The molecule has 6 nitrogen and oxygen atoms in total. The Morgan fingerprint density at radius 3 is 2.40 bits per heavy atom. The molecule has 3 fully saturated rings. The van der Waals surface area contributed by atoms with Crippen LogP contribution in [0.5, 0.6) is 0 Å². The zero-order valence-corrected chi connectivity index (χ0v) is 18.1. The van der Waals surface area contributed by atoms with E-state index in [1.54, 1.807) is 0 Å². The number of fused-ring (bicyclic) bond motifs is 1. The number of aromatic nitrogens is 1. The van der Waals surface area contributed by atoms with Crippen molar-refractivity contribution in [2.75, 3.05) is 46.3 Å². The fourth-order valence-electron chi connectivity index (χ4n) is 5.54. The second-order valence-corrected chi connectivity index (χ2v) is 9.37. The Labute approximate surface area is 178 Å². The summed E-state index contributed by atoms with van der Waals surface area (Å²) in [6.45, 7) is 8.05. The molecule has 0 radical (unpaired) electrons. The molecule has 0 bridgehead atoms. The minimum Gasteiger partial charge on any atom is -0.340 e. The number of carbonyl (C=O) groups is 2. The van der Waals surface area contributed by atoms with Gasteiger partial charge in [-0.1, -0.05) is 18.2 Å². The van der Waals surface area contributed by atoms with Gasteiger partial charge in [0.05, 0.1) is 0 Å². The zero-order chi connectivity index (χ0) is 20.9. The number of carbonyl (C=O) groups excluding carboxylic acids is 2. The van der Waals surface area contributed by atoms with Crippen molar-refractivity contribution in [3.05, 3.63) is 36.0 Å². The fraction of sp³-hybridized carbons (Fsp3) is 0.583. The Balaban J connectivity index is 1.24. The molecule has 1 aliphatic carbocycles. The summed E-state index contributed by atoms with van der Waals surface area (Å²) in [6, 6.07) is 10.2. The maximum absolute atomic E-state index is 13.3. The van der Waals surface area contributed by atoms with Crippen LogP contribution in [0.15, 0.2) is 30.3 Å². The molecule has 5 rings (SSSR count). The van der Waals surface area contributed by atoms with E-state index in [0.717, 1.165) is 81.7 Å². The molecule has 2 amide bonds. The van der Waals surface area contributed by atoms with Gasteiger partial charge in [0.15, 0.2) is 0 Å². The molecule has 3 heterocycles. The number of piperazine rings is 1. The summed E-state index contributed by atoms with van der Waals surface area (Å²) in [7, 11) is 2.12. The predicted octanol–water partition coefficient (Wildman–Crippen LogP) is 2.68. The molecule has 1 aromatic heterocycles. The molecule has 0 unspecified atom stereocenters. The van der Waals surface area contributed by atoms with Crippen molar-refractivity contribution in [2.24, 2.45) is 11.3 Å². The van der Waals surface area contributed by atoms with E-state index in [0.29, 0.717) is 5.91 Å². The number of hydrogen-bond donors (Lipinski definition) is 0. The van der Waals surface area contributed by atoms with Gasteiger partial charge >= 0.3 is 0 Å². The van der Waals surface area contributed by atoms with Gasteiger partial charge in [-0.3, -0.25) is 9.59 Å². The van der Waals surface area contributed by atoms with Gasteiger partial charge < -0.3 is 19.3 Å². The number of benzene rings is 1. The highest BCUT2D eigenvalue weighted by molar-refractivity contribution is 5.99. The van der Waals surface area contributed by atoms with Crippen molar-refractivity contribution in [3.63, 3.8) is 0 Å². The van der Waals surface area contributed by atoms with Crippen LogP contribution in [0.4, 0.5) is 0 Å². The first-order valence-corrected chi connectivity index (χ1v) is 11.4. The molecule has 2 aromatic rings. The van der Waals surface area contributed by atoms with Crippen molar-refractivity contribution in [1.82, 2.24) is 19.3 Å². The van der Waals surface area contributed by atoms with Gasteiger partial charge in [-0.25, -0.2) is 0 Å². The quantitative estimate of drug-likeness (QED) is 0.785. The molecule has 1 aromatic carbocycles. The third kappa shape index (κ3) is 3.22. The summed E-state index contributed by atoms with van der Waals surface area (Å²) in [5.41, 5.74) is 2.06. The van der Waals surface area contributed by atoms with Crippen LogP contribution in [-0.4, -0.2) is 77.4 Å². The van der Waals surface area contributed by atoms with Crippen molar-refractivity contribution >= 4 is 22.7 Å². The number of likely N-dealkylation sites (tertiary alicyclic amines) is 1. The maximum Gasteiger partial charge on any atom is 0.270 e. The molecule has 160 valence electrons. The number of rotatable bonds is 3. The highest BCUT2D eigenvalue weighted by atomic mass is 16.2. The van der Waals surface area contributed by atoms with Crippen LogP contribution in [0.3, 0.4) is 0 Å². The Morgan fingerprint density at radius 1 is 1.00 bits per heavy atom. The third-order valence-corrected chi connectivity index (χ3v) is 7.70. The van der Waals surface area contributed by atoms with E-state index in [2.05, 4.69) is 40.5 Å². The largest absolute Gasteiger partial charge is 0.340 e. The summed E-state index contributed by atoms with van der Waals surface area (Å²) >= 11 is 0. The minimum atomic E-state index is 0.130. The Bertz CT molecular complexity index is 965. The van der Waals surface area contributed by atoms with Gasteiger partial charge in [0.25, 0.3) is 5.91 Å². The van der Waals surface area contributed by atoms with Crippen LogP contribution in [0.25, 0.3) is 10.9 Å². The summed E-state index contributed by atoms with van der Waals surface area (Å²) in [6.07, 6.45) is 2.92. The number of para-hydroxylation sites is 1. The average molecular weight is 409 g/mol. The van der Waals surface area contributed by atoms with Gasteiger partial charge in [0.1, 0.15) is 5.69 Å². The third-order valence-electron chi connectivity index (χ3n) is 7.70. The van der Waals surface area contributed by atoms with E-state index in [1.807, 2.05) is 23.1 Å². The first-order chi connectivity index (χ1) is 14.5. The van der Waals surface area contributed by atoms with Gasteiger partial charge in [-0.2, -0.15) is 0 Å².